The first-order valence-corrected chi connectivity index (χ1v) is 6.42. The normalized spacial score (nSPS) is 9.72. The van der Waals surface area contributed by atoms with Crippen molar-refractivity contribution in [3.63, 3.8) is 0 Å². The molecular weight excluding hydrogens is 244 g/mol. The zero-order valence-corrected chi connectivity index (χ0v) is 10.5. The molecule has 1 N–H and O–H groups in total. The average molecular weight is 256 g/mol. The van der Waals surface area contributed by atoms with Gasteiger partial charge in [0, 0.05) is 11.8 Å². The van der Waals surface area contributed by atoms with Gasteiger partial charge in [-0.1, -0.05) is 30.3 Å². The molecule has 4 heteroatoms. The van der Waals surface area contributed by atoms with E-state index < -0.39 is 0 Å². The van der Waals surface area contributed by atoms with Crippen LogP contribution in [0.5, 0.6) is 0 Å². The molecule has 0 atom stereocenters. The van der Waals surface area contributed by atoms with Crippen LogP contribution in [0.4, 0.5) is 5.82 Å². The van der Waals surface area contributed by atoms with Gasteiger partial charge < -0.3 is 5.32 Å². The maximum Gasteiger partial charge on any atom is 0.225 e. The smallest absolute Gasteiger partial charge is 0.225 e. The minimum Gasteiger partial charge on any atom is -0.310 e. The fourth-order valence-electron chi connectivity index (χ4n) is 1.51. The van der Waals surface area contributed by atoms with Gasteiger partial charge in [-0.05, 0) is 17.9 Å². The number of nitrogens with one attached hydrogen (secondary N) is 1. The molecule has 1 aromatic carbocycles. The summed E-state index contributed by atoms with van der Waals surface area (Å²) in [5.41, 5.74) is 1.15. The SMILES string of the molecule is C#Cc1nc(NC(=O)CCc2ccccc2)cs1. The number of carbonyl (C=O) groups excluding carboxylic acids is 1. The van der Waals surface area contributed by atoms with E-state index in [1.165, 1.54) is 11.3 Å². The van der Waals surface area contributed by atoms with E-state index >= 15 is 0 Å². The van der Waals surface area contributed by atoms with Crippen molar-refractivity contribution in [3.05, 3.63) is 46.3 Å². The van der Waals surface area contributed by atoms with E-state index in [0.29, 0.717) is 17.2 Å². The highest BCUT2D eigenvalue weighted by molar-refractivity contribution is 7.10. The molecule has 0 unspecified atom stereocenters. The zero-order chi connectivity index (χ0) is 12.8. The van der Waals surface area contributed by atoms with E-state index in [4.69, 9.17) is 6.42 Å². The number of nitrogens with zero attached hydrogens (tertiary/aromatic N) is 1. The van der Waals surface area contributed by atoms with Crippen molar-refractivity contribution in [2.45, 2.75) is 12.8 Å². The molecule has 0 aliphatic carbocycles. The zero-order valence-electron chi connectivity index (χ0n) is 9.72. The summed E-state index contributed by atoms with van der Waals surface area (Å²) < 4.78 is 0. The number of hydrogen-bond donors (Lipinski definition) is 1. The monoisotopic (exact) mass is 256 g/mol. The molecule has 18 heavy (non-hydrogen) atoms. The second-order valence-electron chi connectivity index (χ2n) is 3.72. The third kappa shape index (κ3) is 3.44. The minimum absolute atomic E-state index is 0.0484. The third-order valence-corrected chi connectivity index (χ3v) is 3.15. The highest BCUT2D eigenvalue weighted by atomic mass is 32.1. The van der Waals surface area contributed by atoms with Crippen molar-refractivity contribution in [1.82, 2.24) is 4.98 Å². The molecule has 0 spiro atoms. The molecule has 0 fully saturated rings. The Kier molecular flexibility index (Phi) is 4.11. The van der Waals surface area contributed by atoms with E-state index in [1.54, 1.807) is 5.38 Å². The van der Waals surface area contributed by atoms with Crippen molar-refractivity contribution < 1.29 is 4.79 Å². The van der Waals surface area contributed by atoms with Gasteiger partial charge in [0.25, 0.3) is 0 Å². The third-order valence-electron chi connectivity index (χ3n) is 2.38. The summed E-state index contributed by atoms with van der Waals surface area (Å²) in [6.45, 7) is 0. The predicted octanol–water partition coefficient (Wildman–Crippen LogP) is 2.70. The standard InChI is InChI=1S/C14H12N2OS/c1-2-14-16-12(10-18-14)15-13(17)9-8-11-6-4-3-5-7-11/h1,3-7,10H,8-9H2,(H,15,17). The van der Waals surface area contributed by atoms with Crippen LogP contribution in [-0.4, -0.2) is 10.9 Å². The van der Waals surface area contributed by atoms with Crippen molar-refractivity contribution in [2.75, 3.05) is 5.32 Å². The minimum atomic E-state index is -0.0484. The highest BCUT2D eigenvalue weighted by Crippen LogP contribution is 2.13. The molecule has 0 saturated heterocycles. The van der Waals surface area contributed by atoms with E-state index in [2.05, 4.69) is 16.2 Å². The van der Waals surface area contributed by atoms with Crippen molar-refractivity contribution in [3.8, 4) is 12.3 Å². The van der Waals surface area contributed by atoms with Crippen molar-refractivity contribution >= 4 is 23.1 Å². The number of aromatic nitrogens is 1. The lowest BCUT2D eigenvalue weighted by molar-refractivity contribution is -0.116. The maximum absolute atomic E-state index is 11.7. The average Bonchev–Trinajstić information content (AvgIpc) is 2.85. The number of anilines is 1. The first-order chi connectivity index (χ1) is 8.78. The quantitative estimate of drug-likeness (QED) is 0.855. The van der Waals surface area contributed by atoms with Gasteiger partial charge in [0.15, 0.2) is 5.01 Å². The van der Waals surface area contributed by atoms with Crippen LogP contribution in [0.25, 0.3) is 0 Å². The molecule has 90 valence electrons. The van der Waals surface area contributed by atoms with Gasteiger partial charge >= 0.3 is 0 Å². The van der Waals surface area contributed by atoms with E-state index in [0.717, 1.165) is 12.0 Å². The number of hydrogen-bond acceptors (Lipinski definition) is 3. The summed E-state index contributed by atoms with van der Waals surface area (Å²) in [6, 6.07) is 9.90. The number of aryl methyl sites for hydroxylation is 1. The number of rotatable bonds is 4. The lowest BCUT2D eigenvalue weighted by atomic mass is 10.1. The molecule has 2 rings (SSSR count). The Labute approximate surface area is 110 Å². The molecule has 1 aromatic heterocycles. The lowest BCUT2D eigenvalue weighted by Crippen LogP contribution is -2.12. The molecule has 2 aromatic rings. The lowest BCUT2D eigenvalue weighted by Gasteiger charge is -2.02. The van der Waals surface area contributed by atoms with E-state index in [9.17, 15) is 4.79 Å². The Morgan fingerprint density at radius 1 is 1.39 bits per heavy atom. The van der Waals surface area contributed by atoms with Gasteiger partial charge in [-0.25, -0.2) is 4.98 Å². The Bertz CT molecular complexity index is 569. The van der Waals surface area contributed by atoms with Gasteiger partial charge in [-0.3, -0.25) is 4.79 Å². The Morgan fingerprint density at radius 3 is 2.83 bits per heavy atom. The number of benzene rings is 1. The van der Waals surface area contributed by atoms with E-state index in [-0.39, 0.29) is 5.91 Å². The number of carbonyl (C=O) groups is 1. The second kappa shape index (κ2) is 5.99. The van der Waals surface area contributed by atoms with Crippen LogP contribution >= 0.6 is 11.3 Å². The fraction of sp³-hybridized carbons (Fsp3) is 0.143. The summed E-state index contributed by atoms with van der Waals surface area (Å²) in [7, 11) is 0. The fourth-order valence-corrected chi connectivity index (χ4v) is 2.06. The Hall–Kier alpha value is -2.12. The van der Waals surface area contributed by atoms with Crippen LogP contribution in [-0.2, 0) is 11.2 Å². The Morgan fingerprint density at radius 2 is 2.17 bits per heavy atom. The van der Waals surface area contributed by atoms with Gasteiger partial charge in [0.05, 0.1) is 0 Å². The van der Waals surface area contributed by atoms with Crippen LogP contribution < -0.4 is 5.32 Å². The van der Waals surface area contributed by atoms with Gasteiger partial charge in [-0.2, -0.15) is 0 Å². The summed E-state index contributed by atoms with van der Waals surface area (Å²) in [5, 5.41) is 5.05. The summed E-state index contributed by atoms with van der Waals surface area (Å²) >= 11 is 1.34. The number of amides is 1. The second-order valence-corrected chi connectivity index (χ2v) is 4.57. The van der Waals surface area contributed by atoms with Crippen molar-refractivity contribution in [2.24, 2.45) is 0 Å². The summed E-state index contributed by atoms with van der Waals surface area (Å²) in [5.74, 6) is 2.92. The van der Waals surface area contributed by atoms with Crippen molar-refractivity contribution in [1.29, 1.82) is 0 Å². The number of terminal acetylenes is 1. The van der Waals surface area contributed by atoms with Crippen LogP contribution in [0.15, 0.2) is 35.7 Å². The first kappa shape index (κ1) is 12.3. The maximum atomic E-state index is 11.7. The molecule has 0 saturated carbocycles. The van der Waals surface area contributed by atoms with Crippen LogP contribution in [0.3, 0.4) is 0 Å². The van der Waals surface area contributed by atoms with E-state index in [1.807, 2.05) is 30.3 Å². The van der Waals surface area contributed by atoms with Gasteiger partial charge in [0.2, 0.25) is 5.91 Å². The van der Waals surface area contributed by atoms with Gasteiger partial charge in [-0.15, -0.1) is 17.8 Å². The first-order valence-electron chi connectivity index (χ1n) is 5.54. The molecule has 3 nitrogen and oxygen atoms in total. The van der Waals surface area contributed by atoms with Crippen LogP contribution in [0.2, 0.25) is 0 Å². The molecule has 1 heterocycles. The largest absolute Gasteiger partial charge is 0.310 e. The summed E-state index contributed by atoms with van der Waals surface area (Å²) in [6.07, 6.45) is 6.37. The molecular formula is C14H12N2OS. The molecule has 0 aliphatic heterocycles. The van der Waals surface area contributed by atoms with Gasteiger partial charge in [0.1, 0.15) is 5.82 Å². The predicted molar refractivity (Wildman–Crippen MR) is 73.4 cm³/mol. The number of thiazole rings is 1. The topological polar surface area (TPSA) is 42.0 Å². The summed E-state index contributed by atoms with van der Waals surface area (Å²) in [4.78, 5) is 15.8. The molecule has 0 aliphatic rings. The molecule has 0 bridgehead atoms. The van der Waals surface area contributed by atoms with Crippen LogP contribution in [0, 0.1) is 12.3 Å². The molecule has 0 radical (unpaired) electrons. The van der Waals surface area contributed by atoms with Crippen LogP contribution in [0.1, 0.15) is 17.0 Å². The molecule has 1 amide bonds. The highest BCUT2D eigenvalue weighted by Gasteiger charge is 2.05. The Balaban J connectivity index is 1.84.